The minimum atomic E-state index is -0.430. The minimum absolute atomic E-state index is 0.145. The van der Waals surface area contributed by atoms with Crippen LogP contribution in [0, 0.1) is 5.92 Å². The van der Waals surface area contributed by atoms with Crippen LogP contribution in [0.25, 0.3) is 0 Å². The van der Waals surface area contributed by atoms with Crippen LogP contribution in [0.2, 0.25) is 0 Å². The van der Waals surface area contributed by atoms with E-state index in [9.17, 15) is 4.79 Å². The molecule has 6 nitrogen and oxygen atoms in total. The van der Waals surface area contributed by atoms with Crippen molar-refractivity contribution in [2.45, 2.75) is 63.4 Å². The summed E-state index contributed by atoms with van der Waals surface area (Å²) >= 11 is 0. The third-order valence-electron chi connectivity index (χ3n) is 7.46. The zero-order chi connectivity index (χ0) is 19.8. The van der Waals surface area contributed by atoms with Crippen LogP contribution in [0.15, 0.2) is 18.2 Å². The number of nitrogens with zero attached hydrogens (tertiary/aromatic N) is 2. The number of carbonyl (C=O) groups excluding carboxylic acids is 1. The van der Waals surface area contributed by atoms with Crippen molar-refractivity contribution in [2.24, 2.45) is 5.92 Å². The van der Waals surface area contributed by atoms with Crippen molar-refractivity contribution in [2.75, 3.05) is 38.1 Å². The summed E-state index contributed by atoms with van der Waals surface area (Å²) in [6, 6.07) is 7.31. The molecule has 1 spiro atoms. The molecule has 0 bridgehead atoms. The van der Waals surface area contributed by atoms with Crippen LogP contribution in [0.5, 0.6) is 5.75 Å². The first-order valence-electron chi connectivity index (χ1n) is 11.3. The fourth-order valence-corrected chi connectivity index (χ4v) is 5.25. The average molecular weight is 400 g/mol. The van der Waals surface area contributed by atoms with Crippen molar-refractivity contribution in [3.8, 4) is 5.75 Å². The first-order valence-corrected chi connectivity index (χ1v) is 11.3. The van der Waals surface area contributed by atoms with Crippen LogP contribution < -0.4 is 15.0 Å². The molecule has 29 heavy (non-hydrogen) atoms. The summed E-state index contributed by atoms with van der Waals surface area (Å²) in [4.78, 5) is 16.9. The van der Waals surface area contributed by atoms with Crippen LogP contribution in [0.3, 0.4) is 0 Å². The number of anilines is 1. The summed E-state index contributed by atoms with van der Waals surface area (Å²) in [5.41, 5.74) is 2.35. The lowest BCUT2D eigenvalue weighted by atomic mass is 9.89. The molecule has 4 aliphatic rings. The van der Waals surface area contributed by atoms with Gasteiger partial charge in [0.05, 0.1) is 6.61 Å². The number of carbonyl (C=O) groups is 1. The Morgan fingerprint density at radius 3 is 2.52 bits per heavy atom. The quantitative estimate of drug-likeness (QED) is 0.847. The molecule has 1 aromatic carbocycles. The van der Waals surface area contributed by atoms with Gasteiger partial charge in [0, 0.05) is 69.3 Å². The lowest BCUT2D eigenvalue weighted by molar-refractivity contribution is -0.231. The molecule has 1 N–H and O–H groups in total. The van der Waals surface area contributed by atoms with E-state index in [0.717, 1.165) is 69.2 Å². The van der Waals surface area contributed by atoms with Gasteiger partial charge in [-0.2, -0.15) is 0 Å². The highest BCUT2D eigenvalue weighted by atomic mass is 16.7. The lowest BCUT2D eigenvalue weighted by Gasteiger charge is -2.47. The number of benzene rings is 1. The Hall–Kier alpha value is -1.79. The fourth-order valence-electron chi connectivity index (χ4n) is 5.25. The number of piperidine rings is 2. The van der Waals surface area contributed by atoms with E-state index in [4.69, 9.17) is 9.47 Å². The smallest absolute Gasteiger partial charge is 0.222 e. The Bertz CT molecular complexity index is 748. The molecule has 1 aromatic rings. The molecule has 158 valence electrons. The van der Waals surface area contributed by atoms with Crippen LogP contribution in [0.1, 0.15) is 50.5 Å². The van der Waals surface area contributed by atoms with Gasteiger partial charge in [0.25, 0.3) is 0 Å². The molecule has 3 aliphatic heterocycles. The molecule has 0 radical (unpaired) electrons. The van der Waals surface area contributed by atoms with E-state index in [1.807, 2.05) is 0 Å². The molecule has 3 fully saturated rings. The number of nitrogens with one attached hydrogen (secondary N) is 1. The van der Waals surface area contributed by atoms with Crippen molar-refractivity contribution in [1.29, 1.82) is 0 Å². The first-order chi connectivity index (χ1) is 14.2. The predicted molar refractivity (Wildman–Crippen MR) is 112 cm³/mol. The summed E-state index contributed by atoms with van der Waals surface area (Å²) < 4.78 is 12.7. The lowest BCUT2D eigenvalue weighted by Crippen LogP contribution is -2.54. The maximum absolute atomic E-state index is 11.9. The van der Waals surface area contributed by atoms with Gasteiger partial charge >= 0.3 is 0 Å². The zero-order valence-electron chi connectivity index (χ0n) is 17.5. The molecule has 0 unspecified atom stereocenters. The molecular weight excluding hydrogens is 366 g/mol. The number of ether oxygens (including phenoxy) is 2. The molecule has 0 atom stereocenters. The summed E-state index contributed by atoms with van der Waals surface area (Å²) in [7, 11) is 1.72. The maximum Gasteiger partial charge on any atom is 0.222 e. The summed E-state index contributed by atoms with van der Waals surface area (Å²) in [5, 5.41) is 2.78. The van der Waals surface area contributed by atoms with Gasteiger partial charge in [-0.05, 0) is 43.9 Å². The van der Waals surface area contributed by atoms with E-state index in [2.05, 4.69) is 33.3 Å². The highest BCUT2D eigenvalue weighted by molar-refractivity contribution is 5.78. The number of amides is 1. The summed E-state index contributed by atoms with van der Waals surface area (Å²) in [5.74, 6) is 0.870. The number of hydrogen-bond acceptors (Lipinski definition) is 5. The number of rotatable bonds is 3. The van der Waals surface area contributed by atoms with Gasteiger partial charge in [0.15, 0.2) is 0 Å². The second-order valence-electron chi connectivity index (χ2n) is 9.09. The Labute approximate surface area is 173 Å². The molecule has 1 amide bonds. The van der Waals surface area contributed by atoms with Gasteiger partial charge in [0.1, 0.15) is 5.75 Å². The van der Waals surface area contributed by atoms with Crippen LogP contribution in [-0.4, -0.2) is 55.9 Å². The van der Waals surface area contributed by atoms with Crippen LogP contribution in [0.4, 0.5) is 5.69 Å². The largest absolute Gasteiger partial charge is 0.462 e. The van der Waals surface area contributed by atoms with Gasteiger partial charge in [0.2, 0.25) is 11.7 Å². The number of hydrogen-bond donors (Lipinski definition) is 1. The number of likely N-dealkylation sites (tertiary alicyclic amines) is 1. The van der Waals surface area contributed by atoms with Crippen molar-refractivity contribution < 1.29 is 14.3 Å². The molecular formula is C23H33N3O3. The third kappa shape index (κ3) is 3.73. The first kappa shape index (κ1) is 19.2. The molecule has 1 aliphatic carbocycles. The van der Waals surface area contributed by atoms with E-state index < -0.39 is 5.79 Å². The Morgan fingerprint density at radius 1 is 1.10 bits per heavy atom. The average Bonchev–Trinajstić information content (AvgIpc) is 2.73. The van der Waals surface area contributed by atoms with Gasteiger partial charge in [-0.25, -0.2) is 0 Å². The molecule has 0 aromatic heterocycles. The SMILES string of the molecule is CNC(=O)C1CCN(c2ccc3c(c2)COC2(CCN(C4CCC4)CC2)O3)CC1. The Balaban J connectivity index is 1.21. The molecule has 3 heterocycles. The van der Waals surface area contributed by atoms with Gasteiger partial charge in [-0.1, -0.05) is 6.42 Å². The van der Waals surface area contributed by atoms with E-state index >= 15 is 0 Å². The number of fused-ring (bicyclic) bond motifs is 1. The zero-order valence-corrected chi connectivity index (χ0v) is 17.5. The van der Waals surface area contributed by atoms with Crippen molar-refractivity contribution in [3.63, 3.8) is 0 Å². The van der Waals surface area contributed by atoms with Crippen molar-refractivity contribution in [3.05, 3.63) is 23.8 Å². The second kappa shape index (κ2) is 7.80. The second-order valence-corrected chi connectivity index (χ2v) is 9.09. The van der Waals surface area contributed by atoms with Gasteiger partial charge < -0.3 is 19.7 Å². The fraction of sp³-hybridized carbons (Fsp3) is 0.696. The normalized spacial score (nSPS) is 25.2. The van der Waals surface area contributed by atoms with Gasteiger partial charge in [-0.3, -0.25) is 9.69 Å². The van der Waals surface area contributed by atoms with Gasteiger partial charge in [-0.15, -0.1) is 0 Å². The molecule has 1 saturated carbocycles. The highest BCUT2D eigenvalue weighted by Gasteiger charge is 2.42. The van der Waals surface area contributed by atoms with Crippen LogP contribution in [-0.2, 0) is 16.1 Å². The highest BCUT2D eigenvalue weighted by Crippen LogP contribution is 2.40. The van der Waals surface area contributed by atoms with Crippen LogP contribution >= 0.6 is 0 Å². The monoisotopic (exact) mass is 399 g/mol. The minimum Gasteiger partial charge on any atom is -0.462 e. The van der Waals surface area contributed by atoms with E-state index in [0.29, 0.717) is 6.61 Å². The van der Waals surface area contributed by atoms with Crippen molar-refractivity contribution in [1.82, 2.24) is 10.2 Å². The standard InChI is InChI=1S/C23H33N3O3/c1-24-22(27)17-7-11-25(12-8-17)20-5-6-21-18(15-20)16-28-23(29-21)9-13-26(14-10-23)19-3-2-4-19/h5-6,15,17,19H,2-4,7-14,16H2,1H3,(H,24,27). The third-order valence-corrected chi connectivity index (χ3v) is 7.46. The van der Waals surface area contributed by atoms with Crippen molar-refractivity contribution >= 4 is 11.6 Å². The summed E-state index contributed by atoms with van der Waals surface area (Å²) in [6.45, 7) is 4.62. The molecule has 2 saturated heterocycles. The molecule has 5 rings (SSSR count). The topological polar surface area (TPSA) is 54.0 Å². The van der Waals surface area contributed by atoms with E-state index in [-0.39, 0.29) is 11.8 Å². The Kier molecular flexibility index (Phi) is 5.16. The Morgan fingerprint density at radius 2 is 1.86 bits per heavy atom. The predicted octanol–water partition coefficient (Wildman–Crippen LogP) is 2.90. The summed E-state index contributed by atoms with van der Waals surface area (Å²) in [6.07, 6.45) is 7.84. The van der Waals surface area contributed by atoms with E-state index in [1.165, 1.54) is 24.9 Å². The van der Waals surface area contributed by atoms with E-state index in [1.54, 1.807) is 7.05 Å². The molecule has 6 heteroatoms. The maximum atomic E-state index is 11.9.